The average molecular weight is 195 g/mol. The Labute approximate surface area is 83.3 Å². The van der Waals surface area contributed by atoms with Crippen LogP contribution in [-0.4, -0.2) is 19.8 Å². The minimum absolute atomic E-state index is 0.244. The van der Waals surface area contributed by atoms with Crippen LogP contribution >= 0.6 is 0 Å². The molecule has 2 N–H and O–H groups in total. The van der Waals surface area contributed by atoms with E-state index in [-0.39, 0.29) is 6.61 Å². The minimum atomic E-state index is 0.244. The van der Waals surface area contributed by atoms with Gasteiger partial charge in [0.2, 0.25) is 0 Å². The van der Waals surface area contributed by atoms with Gasteiger partial charge in [0.25, 0.3) is 0 Å². The first-order chi connectivity index (χ1) is 6.81. The lowest BCUT2D eigenvalue weighted by Gasteiger charge is -2.02. The molecule has 0 rings (SSSR count). The summed E-state index contributed by atoms with van der Waals surface area (Å²) in [6, 6.07) is 3.89. The van der Waals surface area contributed by atoms with E-state index >= 15 is 0 Å². The van der Waals surface area contributed by atoms with E-state index in [4.69, 9.17) is 25.7 Å². The molecule has 5 heteroatoms. The van der Waals surface area contributed by atoms with Crippen LogP contribution in [0, 0.1) is 22.7 Å². The number of hydrogen-bond donors (Lipinski definition) is 1. The summed E-state index contributed by atoms with van der Waals surface area (Å²) in [6.45, 7) is 0.937. The highest BCUT2D eigenvalue weighted by Gasteiger charge is 1.91. The quantitative estimate of drug-likeness (QED) is 0.475. The fourth-order valence-electron chi connectivity index (χ4n) is 0.612. The van der Waals surface area contributed by atoms with Gasteiger partial charge in [-0.25, -0.2) is 0 Å². The molecule has 0 aliphatic rings. The van der Waals surface area contributed by atoms with Crippen LogP contribution in [0.3, 0.4) is 0 Å². The fraction of sp³-hybridized carbons (Fsp3) is 0.556. The standard InChI is InChI=1S/C9H13N3O2/c10-3-1-5-13-7-9(12)8-14-6-2-4-11/h7H,1-2,5-6,8,12H2/b9-7+. The zero-order valence-electron chi connectivity index (χ0n) is 7.90. The summed E-state index contributed by atoms with van der Waals surface area (Å²) in [5, 5.41) is 16.4. The van der Waals surface area contributed by atoms with Gasteiger partial charge in [-0.15, -0.1) is 0 Å². The van der Waals surface area contributed by atoms with Gasteiger partial charge in [-0.1, -0.05) is 0 Å². The summed E-state index contributed by atoms with van der Waals surface area (Å²) in [5.74, 6) is 0. The van der Waals surface area contributed by atoms with E-state index in [9.17, 15) is 0 Å². The zero-order chi connectivity index (χ0) is 10.6. The second-order valence-electron chi connectivity index (χ2n) is 2.43. The summed E-state index contributed by atoms with van der Waals surface area (Å²) in [5.41, 5.74) is 5.93. The van der Waals surface area contributed by atoms with Crippen molar-refractivity contribution in [1.82, 2.24) is 0 Å². The van der Waals surface area contributed by atoms with Crippen molar-refractivity contribution in [3.8, 4) is 12.1 Å². The molecule has 0 aliphatic heterocycles. The third-order valence-corrected chi connectivity index (χ3v) is 1.19. The van der Waals surface area contributed by atoms with Gasteiger partial charge in [0, 0.05) is 0 Å². The van der Waals surface area contributed by atoms with Crippen LogP contribution in [0.4, 0.5) is 0 Å². The lowest BCUT2D eigenvalue weighted by molar-refractivity contribution is 0.156. The molecule has 14 heavy (non-hydrogen) atoms. The first-order valence-electron chi connectivity index (χ1n) is 4.19. The Bertz CT molecular complexity index is 250. The minimum Gasteiger partial charge on any atom is -0.498 e. The van der Waals surface area contributed by atoms with Crippen molar-refractivity contribution in [1.29, 1.82) is 10.5 Å². The van der Waals surface area contributed by atoms with E-state index in [1.54, 1.807) is 0 Å². The van der Waals surface area contributed by atoms with Crippen LogP contribution in [0.1, 0.15) is 12.8 Å². The van der Waals surface area contributed by atoms with E-state index in [1.165, 1.54) is 6.26 Å². The lowest BCUT2D eigenvalue weighted by atomic mass is 10.5. The normalized spacial score (nSPS) is 10.3. The Kier molecular flexibility index (Phi) is 8.22. The molecule has 0 spiro atoms. The predicted molar refractivity (Wildman–Crippen MR) is 49.5 cm³/mol. The molecule has 0 atom stereocenters. The van der Waals surface area contributed by atoms with Crippen molar-refractivity contribution >= 4 is 0 Å². The van der Waals surface area contributed by atoms with E-state index in [0.29, 0.717) is 31.8 Å². The second kappa shape index (κ2) is 9.37. The van der Waals surface area contributed by atoms with Gasteiger partial charge in [0.1, 0.15) is 12.9 Å². The summed E-state index contributed by atoms with van der Waals surface area (Å²) in [4.78, 5) is 0. The highest BCUT2D eigenvalue weighted by atomic mass is 16.5. The Hall–Kier alpha value is -1.72. The summed E-state index contributed by atoms with van der Waals surface area (Å²) >= 11 is 0. The van der Waals surface area contributed by atoms with E-state index in [2.05, 4.69) is 0 Å². The van der Waals surface area contributed by atoms with Crippen LogP contribution in [0.2, 0.25) is 0 Å². The third kappa shape index (κ3) is 8.38. The van der Waals surface area contributed by atoms with E-state index in [1.807, 2.05) is 12.1 Å². The maximum Gasteiger partial charge on any atom is 0.104 e. The summed E-state index contributed by atoms with van der Waals surface area (Å²) < 4.78 is 9.97. The molecule has 0 amide bonds. The van der Waals surface area contributed by atoms with Crippen LogP contribution in [0.15, 0.2) is 12.0 Å². The topological polar surface area (TPSA) is 92.1 Å². The molecule has 0 bridgehead atoms. The molecule has 0 aromatic heterocycles. The van der Waals surface area contributed by atoms with E-state index in [0.717, 1.165) is 0 Å². The van der Waals surface area contributed by atoms with Crippen molar-refractivity contribution in [2.75, 3.05) is 19.8 Å². The van der Waals surface area contributed by atoms with Gasteiger partial charge in [-0.3, -0.25) is 0 Å². The molecular formula is C9H13N3O2. The van der Waals surface area contributed by atoms with Gasteiger partial charge >= 0.3 is 0 Å². The first-order valence-corrected chi connectivity index (χ1v) is 4.19. The van der Waals surface area contributed by atoms with E-state index < -0.39 is 0 Å². The molecule has 76 valence electrons. The predicted octanol–water partition coefficient (Wildman–Crippen LogP) is 0.647. The maximum atomic E-state index is 8.20. The Morgan fingerprint density at radius 1 is 1.21 bits per heavy atom. The molecule has 0 radical (unpaired) electrons. The maximum absolute atomic E-state index is 8.20. The van der Waals surface area contributed by atoms with Gasteiger partial charge in [0.15, 0.2) is 0 Å². The molecule has 0 aliphatic carbocycles. The Balaban J connectivity index is 3.39. The molecular weight excluding hydrogens is 182 g/mol. The van der Waals surface area contributed by atoms with Gasteiger partial charge in [-0.05, 0) is 0 Å². The Morgan fingerprint density at radius 3 is 2.50 bits per heavy atom. The van der Waals surface area contributed by atoms with Crippen molar-refractivity contribution in [3.63, 3.8) is 0 Å². The molecule has 0 aromatic rings. The van der Waals surface area contributed by atoms with Gasteiger partial charge < -0.3 is 15.2 Å². The highest BCUT2D eigenvalue weighted by Crippen LogP contribution is 1.90. The zero-order valence-corrected chi connectivity index (χ0v) is 7.90. The largest absolute Gasteiger partial charge is 0.498 e. The number of nitriles is 2. The number of rotatable bonds is 7. The number of nitrogens with two attached hydrogens (primary N) is 1. The van der Waals surface area contributed by atoms with Crippen LogP contribution < -0.4 is 5.73 Å². The Morgan fingerprint density at radius 2 is 1.86 bits per heavy atom. The van der Waals surface area contributed by atoms with Crippen molar-refractivity contribution < 1.29 is 9.47 Å². The average Bonchev–Trinajstić information content (AvgIpc) is 2.19. The summed E-state index contributed by atoms with van der Waals surface area (Å²) in [7, 11) is 0. The van der Waals surface area contributed by atoms with Gasteiger partial charge in [-0.2, -0.15) is 10.5 Å². The molecule has 0 heterocycles. The van der Waals surface area contributed by atoms with Crippen LogP contribution in [0.5, 0.6) is 0 Å². The second-order valence-corrected chi connectivity index (χ2v) is 2.43. The van der Waals surface area contributed by atoms with Crippen molar-refractivity contribution in [2.45, 2.75) is 12.8 Å². The van der Waals surface area contributed by atoms with Crippen molar-refractivity contribution in [3.05, 3.63) is 12.0 Å². The van der Waals surface area contributed by atoms with Crippen molar-refractivity contribution in [2.24, 2.45) is 5.73 Å². The fourth-order valence-corrected chi connectivity index (χ4v) is 0.612. The lowest BCUT2D eigenvalue weighted by Crippen LogP contribution is -2.08. The smallest absolute Gasteiger partial charge is 0.104 e. The monoisotopic (exact) mass is 195 g/mol. The first kappa shape index (κ1) is 12.3. The molecule has 0 aromatic carbocycles. The molecule has 5 nitrogen and oxygen atoms in total. The molecule has 0 saturated carbocycles. The molecule has 0 saturated heterocycles. The number of nitrogens with zero attached hydrogens (tertiary/aromatic N) is 2. The SMILES string of the molecule is N#CCCO/C=C(/N)COCCC#N. The molecule has 0 fully saturated rings. The van der Waals surface area contributed by atoms with Crippen LogP contribution in [0.25, 0.3) is 0 Å². The number of ether oxygens (including phenoxy) is 2. The van der Waals surface area contributed by atoms with Crippen LogP contribution in [-0.2, 0) is 9.47 Å². The molecule has 0 unspecified atom stereocenters. The van der Waals surface area contributed by atoms with Gasteiger partial charge in [0.05, 0.1) is 43.9 Å². The highest BCUT2D eigenvalue weighted by molar-refractivity contribution is 4.91. The summed E-state index contributed by atoms with van der Waals surface area (Å²) in [6.07, 6.45) is 2.05. The third-order valence-electron chi connectivity index (χ3n) is 1.19. The number of hydrogen-bond acceptors (Lipinski definition) is 5.